The fourth-order valence-electron chi connectivity index (χ4n) is 1.95. The first-order chi connectivity index (χ1) is 5.77. The van der Waals surface area contributed by atoms with Gasteiger partial charge < -0.3 is 10.7 Å². The van der Waals surface area contributed by atoms with Gasteiger partial charge in [0.15, 0.2) is 0 Å². The van der Waals surface area contributed by atoms with Crippen molar-refractivity contribution in [2.24, 2.45) is 5.73 Å². The number of aryl methyl sites for hydroxylation is 1. The van der Waals surface area contributed by atoms with E-state index in [9.17, 15) is 0 Å². The minimum atomic E-state index is 0.315. The van der Waals surface area contributed by atoms with Crippen molar-refractivity contribution < 1.29 is 0 Å². The summed E-state index contributed by atoms with van der Waals surface area (Å²) in [5.74, 6) is 1.55. The Hall–Kier alpha value is -0.830. The largest absolute Gasteiger partial charge is 0.346 e. The third-order valence-corrected chi connectivity index (χ3v) is 2.64. The van der Waals surface area contributed by atoms with Crippen molar-refractivity contribution in [3.63, 3.8) is 0 Å². The summed E-state index contributed by atoms with van der Waals surface area (Å²) >= 11 is 0. The van der Waals surface area contributed by atoms with Gasteiger partial charge >= 0.3 is 0 Å². The molecule has 0 spiro atoms. The molecule has 1 aliphatic rings. The number of imidazole rings is 1. The molecule has 12 heavy (non-hydrogen) atoms. The van der Waals surface area contributed by atoms with E-state index in [-0.39, 0.29) is 0 Å². The van der Waals surface area contributed by atoms with Gasteiger partial charge in [-0.05, 0) is 19.8 Å². The molecule has 3 nitrogen and oxygen atoms in total. The van der Waals surface area contributed by atoms with Gasteiger partial charge in [-0.2, -0.15) is 0 Å². The van der Waals surface area contributed by atoms with Crippen molar-refractivity contribution in [3.05, 3.63) is 17.7 Å². The summed E-state index contributed by atoms with van der Waals surface area (Å²) in [6.45, 7) is 2.02. The molecule has 0 radical (unpaired) electrons. The molecule has 0 bridgehead atoms. The molecule has 3 heteroatoms. The lowest BCUT2D eigenvalue weighted by molar-refractivity contribution is 0.586. The van der Waals surface area contributed by atoms with Crippen molar-refractivity contribution >= 4 is 0 Å². The Bertz CT molecular complexity index is 266. The molecular weight excluding hydrogens is 150 g/mol. The highest BCUT2D eigenvalue weighted by atomic mass is 14.9. The van der Waals surface area contributed by atoms with Crippen LogP contribution in [0.15, 0.2) is 6.20 Å². The molecule has 1 aliphatic carbocycles. The number of nitrogens with zero attached hydrogens (tertiary/aromatic N) is 1. The molecule has 2 atom stereocenters. The van der Waals surface area contributed by atoms with Crippen LogP contribution in [0.25, 0.3) is 0 Å². The Morgan fingerprint density at radius 3 is 2.92 bits per heavy atom. The van der Waals surface area contributed by atoms with Crippen LogP contribution in [0.4, 0.5) is 0 Å². The number of nitrogens with one attached hydrogen (secondary N) is 1. The zero-order valence-electron chi connectivity index (χ0n) is 7.38. The highest BCUT2D eigenvalue weighted by Crippen LogP contribution is 2.31. The molecular formula is C9H15N3. The second-order valence-electron chi connectivity index (χ2n) is 3.65. The number of hydrogen-bond donors (Lipinski definition) is 2. The lowest BCUT2D eigenvalue weighted by atomic mass is 10.0. The Kier molecular flexibility index (Phi) is 1.89. The second-order valence-corrected chi connectivity index (χ2v) is 3.65. The summed E-state index contributed by atoms with van der Waals surface area (Å²) < 4.78 is 0. The van der Waals surface area contributed by atoms with Crippen LogP contribution >= 0.6 is 0 Å². The molecule has 0 saturated heterocycles. The number of hydrogen-bond acceptors (Lipinski definition) is 2. The summed E-state index contributed by atoms with van der Waals surface area (Å²) in [6.07, 6.45) is 5.45. The van der Waals surface area contributed by atoms with E-state index in [2.05, 4.69) is 9.97 Å². The Balaban J connectivity index is 2.19. The molecule has 1 heterocycles. The van der Waals surface area contributed by atoms with Crippen LogP contribution in [0.5, 0.6) is 0 Å². The zero-order valence-corrected chi connectivity index (χ0v) is 7.38. The van der Waals surface area contributed by atoms with E-state index in [1.807, 2.05) is 13.1 Å². The smallest absolute Gasteiger partial charge is 0.110 e. The third-order valence-electron chi connectivity index (χ3n) is 2.64. The van der Waals surface area contributed by atoms with E-state index < -0.39 is 0 Å². The van der Waals surface area contributed by atoms with Crippen molar-refractivity contribution in [1.82, 2.24) is 9.97 Å². The van der Waals surface area contributed by atoms with E-state index in [0.717, 1.165) is 17.9 Å². The number of aromatic amines is 1. The van der Waals surface area contributed by atoms with E-state index >= 15 is 0 Å². The average Bonchev–Trinajstić information content (AvgIpc) is 2.58. The molecule has 2 rings (SSSR count). The van der Waals surface area contributed by atoms with Crippen LogP contribution in [0.2, 0.25) is 0 Å². The van der Waals surface area contributed by atoms with Gasteiger partial charge in [-0.1, -0.05) is 6.42 Å². The number of nitrogens with two attached hydrogens (primary N) is 1. The summed E-state index contributed by atoms with van der Waals surface area (Å²) in [6, 6.07) is 0.315. The summed E-state index contributed by atoms with van der Waals surface area (Å²) in [4.78, 5) is 7.57. The van der Waals surface area contributed by atoms with E-state index in [0.29, 0.717) is 12.0 Å². The van der Waals surface area contributed by atoms with Crippen molar-refractivity contribution in [2.75, 3.05) is 0 Å². The standard InChI is InChI=1S/C9H15N3/c1-6-5-11-9(12-6)7-3-2-4-8(7)10/h5,7-8H,2-4,10H2,1H3,(H,11,12). The first-order valence-electron chi connectivity index (χ1n) is 4.54. The molecule has 0 aliphatic heterocycles. The highest BCUT2D eigenvalue weighted by Gasteiger charge is 2.27. The minimum absolute atomic E-state index is 0.315. The molecule has 0 amide bonds. The average molecular weight is 165 g/mol. The van der Waals surface area contributed by atoms with Gasteiger partial charge in [0.05, 0.1) is 0 Å². The normalized spacial score (nSPS) is 29.5. The monoisotopic (exact) mass is 165 g/mol. The Morgan fingerprint density at radius 2 is 2.42 bits per heavy atom. The molecule has 66 valence electrons. The topological polar surface area (TPSA) is 54.7 Å². The predicted octanol–water partition coefficient (Wildman–Crippen LogP) is 1.31. The molecule has 2 unspecified atom stereocenters. The lowest BCUT2D eigenvalue weighted by Crippen LogP contribution is -2.23. The van der Waals surface area contributed by atoms with E-state index in [1.165, 1.54) is 12.8 Å². The lowest BCUT2D eigenvalue weighted by Gasteiger charge is -2.11. The van der Waals surface area contributed by atoms with Crippen molar-refractivity contribution in [3.8, 4) is 0 Å². The quantitative estimate of drug-likeness (QED) is 0.659. The van der Waals surface area contributed by atoms with Gasteiger partial charge in [0.1, 0.15) is 5.82 Å². The molecule has 1 fully saturated rings. The minimum Gasteiger partial charge on any atom is -0.346 e. The maximum Gasteiger partial charge on any atom is 0.110 e. The highest BCUT2D eigenvalue weighted by molar-refractivity contribution is 5.08. The number of aromatic nitrogens is 2. The van der Waals surface area contributed by atoms with Gasteiger partial charge in [-0.15, -0.1) is 0 Å². The van der Waals surface area contributed by atoms with Gasteiger partial charge in [0, 0.05) is 23.9 Å². The first-order valence-corrected chi connectivity index (χ1v) is 4.54. The molecule has 0 aromatic carbocycles. The summed E-state index contributed by atoms with van der Waals surface area (Å²) in [5, 5.41) is 0. The SMILES string of the molecule is Cc1cnc(C2CCCC2N)[nH]1. The van der Waals surface area contributed by atoms with Gasteiger partial charge in [-0.25, -0.2) is 4.98 Å². The van der Waals surface area contributed by atoms with Crippen molar-refractivity contribution in [2.45, 2.75) is 38.1 Å². The van der Waals surface area contributed by atoms with Gasteiger partial charge in [-0.3, -0.25) is 0 Å². The fourth-order valence-corrected chi connectivity index (χ4v) is 1.95. The van der Waals surface area contributed by atoms with E-state index in [1.54, 1.807) is 0 Å². The Morgan fingerprint density at radius 1 is 1.58 bits per heavy atom. The molecule has 1 aromatic rings. The van der Waals surface area contributed by atoms with Gasteiger partial charge in [0.25, 0.3) is 0 Å². The van der Waals surface area contributed by atoms with Crippen LogP contribution < -0.4 is 5.73 Å². The predicted molar refractivity (Wildman–Crippen MR) is 47.9 cm³/mol. The van der Waals surface area contributed by atoms with Gasteiger partial charge in [0.2, 0.25) is 0 Å². The Labute approximate surface area is 72.4 Å². The zero-order chi connectivity index (χ0) is 8.55. The van der Waals surface area contributed by atoms with Crippen LogP contribution in [0.1, 0.15) is 36.7 Å². The first kappa shape index (κ1) is 7.80. The number of rotatable bonds is 1. The molecule has 1 saturated carbocycles. The maximum atomic E-state index is 5.96. The van der Waals surface area contributed by atoms with E-state index in [4.69, 9.17) is 5.73 Å². The van der Waals surface area contributed by atoms with Crippen LogP contribution in [-0.4, -0.2) is 16.0 Å². The third kappa shape index (κ3) is 1.25. The summed E-state index contributed by atoms with van der Waals surface area (Å²) in [5.41, 5.74) is 7.09. The number of H-pyrrole nitrogens is 1. The van der Waals surface area contributed by atoms with Crippen LogP contribution in [-0.2, 0) is 0 Å². The summed E-state index contributed by atoms with van der Waals surface area (Å²) in [7, 11) is 0. The molecule has 1 aromatic heterocycles. The maximum absolute atomic E-state index is 5.96. The molecule has 3 N–H and O–H groups in total. The van der Waals surface area contributed by atoms with Crippen LogP contribution in [0, 0.1) is 6.92 Å². The van der Waals surface area contributed by atoms with Crippen molar-refractivity contribution in [1.29, 1.82) is 0 Å². The second kappa shape index (κ2) is 2.90. The fraction of sp³-hybridized carbons (Fsp3) is 0.667. The van der Waals surface area contributed by atoms with Crippen LogP contribution in [0.3, 0.4) is 0 Å².